The van der Waals surface area contributed by atoms with Crippen LogP contribution in [0.2, 0.25) is 5.02 Å². The molecule has 1 aliphatic heterocycles. The van der Waals surface area contributed by atoms with Crippen molar-refractivity contribution in [3.8, 4) is 5.69 Å². The minimum Gasteiger partial charge on any atom is -0.359 e. The SMILES string of the molecule is Cc1c(C(=O)Nc2ccc(N3CCNC(=O)C3)c(Cl)c2)cnn1-c1ccc(F)cc1. The fraction of sp³-hybridized carbons (Fsp3) is 0.190. The maximum Gasteiger partial charge on any atom is 0.259 e. The Labute approximate surface area is 177 Å². The molecule has 154 valence electrons. The van der Waals surface area contributed by atoms with Crippen LogP contribution in [0.25, 0.3) is 5.69 Å². The molecule has 0 spiro atoms. The number of hydrogen-bond acceptors (Lipinski definition) is 4. The number of aromatic nitrogens is 2. The normalized spacial score (nSPS) is 13.8. The summed E-state index contributed by atoms with van der Waals surface area (Å²) in [5.41, 5.74) is 2.95. The number of piperazine rings is 1. The second kappa shape index (κ2) is 8.16. The molecule has 2 heterocycles. The van der Waals surface area contributed by atoms with E-state index in [0.29, 0.717) is 40.7 Å². The first kappa shape index (κ1) is 19.9. The Kier molecular flexibility index (Phi) is 5.41. The summed E-state index contributed by atoms with van der Waals surface area (Å²) in [7, 11) is 0. The number of hydrogen-bond donors (Lipinski definition) is 2. The number of halogens is 2. The summed E-state index contributed by atoms with van der Waals surface area (Å²) in [5, 5.41) is 10.3. The van der Waals surface area contributed by atoms with Crippen molar-refractivity contribution < 1.29 is 14.0 Å². The Balaban J connectivity index is 1.51. The average Bonchev–Trinajstić information content (AvgIpc) is 3.10. The highest BCUT2D eigenvalue weighted by Gasteiger charge is 2.20. The van der Waals surface area contributed by atoms with Crippen molar-refractivity contribution >= 4 is 34.8 Å². The van der Waals surface area contributed by atoms with E-state index < -0.39 is 0 Å². The molecule has 2 amide bonds. The molecule has 0 unspecified atom stereocenters. The highest BCUT2D eigenvalue weighted by atomic mass is 35.5. The van der Waals surface area contributed by atoms with Crippen LogP contribution in [-0.2, 0) is 4.79 Å². The van der Waals surface area contributed by atoms with Crippen molar-refractivity contribution in [3.63, 3.8) is 0 Å². The topological polar surface area (TPSA) is 79.3 Å². The summed E-state index contributed by atoms with van der Waals surface area (Å²) in [6.45, 7) is 3.24. The van der Waals surface area contributed by atoms with Gasteiger partial charge in [-0.25, -0.2) is 9.07 Å². The van der Waals surface area contributed by atoms with E-state index in [1.54, 1.807) is 41.9 Å². The molecule has 1 aromatic heterocycles. The molecule has 0 atom stereocenters. The highest BCUT2D eigenvalue weighted by Crippen LogP contribution is 2.29. The number of carbonyl (C=O) groups is 2. The van der Waals surface area contributed by atoms with Gasteiger partial charge in [0.1, 0.15) is 5.82 Å². The standard InChI is InChI=1S/C21H19ClFN5O2/c1-13-17(11-25-28(13)16-5-2-14(23)3-6-16)21(30)26-15-4-7-19(18(22)10-15)27-9-8-24-20(29)12-27/h2-7,10-11H,8-9,12H2,1H3,(H,24,29)(H,26,30). The molecule has 7 nitrogen and oxygen atoms in total. The summed E-state index contributed by atoms with van der Waals surface area (Å²) in [6.07, 6.45) is 1.47. The molecule has 0 bridgehead atoms. The zero-order chi connectivity index (χ0) is 21.3. The molecule has 0 saturated carbocycles. The van der Waals surface area contributed by atoms with Gasteiger partial charge in [-0.15, -0.1) is 0 Å². The van der Waals surface area contributed by atoms with Crippen LogP contribution in [0.4, 0.5) is 15.8 Å². The van der Waals surface area contributed by atoms with E-state index in [2.05, 4.69) is 15.7 Å². The molecular weight excluding hydrogens is 409 g/mol. The minimum absolute atomic E-state index is 0.0525. The predicted octanol–water partition coefficient (Wildman–Crippen LogP) is 3.16. The third kappa shape index (κ3) is 3.99. The molecule has 1 fully saturated rings. The van der Waals surface area contributed by atoms with Gasteiger partial charge in [-0.2, -0.15) is 5.10 Å². The van der Waals surface area contributed by atoms with Gasteiger partial charge < -0.3 is 15.5 Å². The summed E-state index contributed by atoms with van der Waals surface area (Å²) in [5.74, 6) is -0.725. The number of rotatable bonds is 4. The van der Waals surface area contributed by atoms with E-state index in [-0.39, 0.29) is 24.2 Å². The molecule has 30 heavy (non-hydrogen) atoms. The zero-order valence-electron chi connectivity index (χ0n) is 16.2. The number of amides is 2. The summed E-state index contributed by atoms with van der Waals surface area (Å²) in [4.78, 5) is 26.2. The Morgan fingerprint density at radius 1 is 1.23 bits per heavy atom. The van der Waals surface area contributed by atoms with Gasteiger partial charge in [-0.1, -0.05) is 11.6 Å². The first-order valence-electron chi connectivity index (χ1n) is 9.35. The number of anilines is 2. The molecule has 0 aliphatic carbocycles. The van der Waals surface area contributed by atoms with Crippen LogP contribution in [0.15, 0.2) is 48.7 Å². The van der Waals surface area contributed by atoms with E-state index in [1.807, 2.05) is 4.90 Å². The van der Waals surface area contributed by atoms with E-state index in [9.17, 15) is 14.0 Å². The third-order valence-corrected chi connectivity index (χ3v) is 5.21. The zero-order valence-corrected chi connectivity index (χ0v) is 16.9. The molecule has 9 heteroatoms. The number of nitrogens with zero attached hydrogens (tertiary/aromatic N) is 3. The van der Waals surface area contributed by atoms with Crippen LogP contribution in [0.3, 0.4) is 0 Å². The molecule has 1 saturated heterocycles. The fourth-order valence-corrected chi connectivity index (χ4v) is 3.66. The van der Waals surface area contributed by atoms with Crippen LogP contribution in [0.5, 0.6) is 0 Å². The van der Waals surface area contributed by atoms with Crippen molar-refractivity contribution in [2.45, 2.75) is 6.92 Å². The van der Waals surface area contributed by atoms with Crippen LogP contribution < -0.4 is 15.5 Å². The Morgan fingerprint density at radius 3 is 2.70 bits per heavy atom. The van der Waals surface area contributed by atoms with Crippen molar-refractivity contribution in [2.75, 3.05) is 29.9 Å². The number of carbonyl (C=O) groups excluding carboxylic acids is 2. The average molecular weight is 428 g/mol. The van der Waals surface area contributed by atoms with Crippen molar-refractivity contribution in [1.29, 1.82) is 0 Å². The van der Waals surface area contributed by atoms with Crippen molar-refractivity contribution in [3.05, 3.63) is 70.8 Å². The number of nitrogens with one attached hydrogen (secondary N) is 2. The van der Waals surface area contributed by atoms with Gasteiger partial charge in [0.25, 0.3) is 5.91 Å². The maximum atomic E-state index is 13.2. The molecule has 2 aromatic carbocycles. The van der Waals surface area contributed by atoms with E-state index in [4.69, 9.17) is 11.6 Å². The van der Waals surface area contributed by atoms with Crippen LogP contribution >= 0.6 is 11.6 Å². The molecule has 4 rings (SSSR count). The van der Waals surface area contributed by atoms with Gasteiger partial charge in [-0.3, -0.25) is 9.59 Å². The lowest BCUT2D eigenvalue weighted by atomic mass is 10.2. The Morgan fingerprint density at radius 2 is 2.00 bits per heavy atom. The lowest BCUT2D eigenvalue weighted by Crippen LogP contribution is -2.47. The quantitative estimate of drug-likeness (QED) is 0.670. The lowest BCUT2D eigenvalue weighted by molar-refractivity contribution is -0.120. The van der Waals surface area contributed by atoms with Gasteiger partial charge in [0, 0.05) is 18.8 Å². The molecule has 2 N–H and O–H groups in total. The number of benzene rings is 2. The third-order valence-electron chi connectivity index (χ3n) is 4.91. The highest BCUT2D eigenvalue weighted by molar-refractivity contribution is 6.33. The van der Waals surface area contributed by atoms with Crippen molar-refractivity contribution in [1.82, 2.24) is 15.1 Å². The molecule has 3 aromatic rings. The first-order valence-corrected chi connectivity index (χ1v) is 9.73. The Hall–Kier alpha value is -3.39. The van der Waals surface area contributed by atoms with Gasteiger partial charge in [0.05, 0.1) is 40.4 Å². The minimum atomic E-state index is -0.341. The van der Waals surface area contributed by atoms with E-state index in [1.165, 1.54) is 18.3 Å². The van der Waals surface area contributed by atoms with Gasteiger partial charge >= 0.3 is 0 Å². The summed E-state index contributed by atoms with van der Waals surface area (Å²) in [6, 6.07) is 11.0. The molecular formula is C21H19ClFN5O2. The summed E-state index contributed by atoms with van der Waals surface area (Å²) < 4.78 is 14.7. The second-order valence-corrected chi connectivity index (χ2v) is 7.33. The largest absolute Gasteiger partial charge is 0.359 e. The Bertz CT molecular complexity index is 1110. The fourth-order valence-electron chi connectivity index (χ4n) is 3.36. The van der Waals surface area contributed by atoms with E-state index >= 15 is 0 Å². The first-order chi connectivity index (χ1) is 14.4. The van der Waals surface area contributed by atoms with Gasteiger partial charge in [0.15, 0.2) is 0 Å². The van der Waals surface area contributed by atoms with Gasteiger partial charge in [0.2, 0.25) is 5.91 Å². The lowest BCUT2D eigenvalue weighted by Gasteiger charge is -2.29. The van der Waals surface area contributed by atoms with Crippen LogP contribution in [-0.4, -0.2) is 41.2 Å². The summed E-state index contributed by atoms with van der Waals surface area (Å²) >= 11 is 6.40. The molecule has 0 radical (unpaired) electrons. The van der Waals surface area contributed by atoms with Crippen LogP contribution in [0.1, 0.15) is 16.1 Å². The maximum absolute atomic E-state index is 13.2. The predicted molar refractivity (Wildman–Crippen MR) is 113 cm³/mol. The monoisotopic (exact) mass is 427 g/mol. The van der Waals surface area contributed by atoms with Crippen molar-refractivity contribution in [2.24, 2.45) is 0 Å². The molecule has 1 aliphatic rings. The second-order valence-electron chi connectivity index (χ2n) is 6.92. The van der Waals surface area contributed by atoms with E-state index in [0.717, 1.165) is 5.69 Å². The smallest absolute Gasteiger partial charge is 0.259 e. The van der Waals surface area contributed by atoms with Crippen LogP contribution in [0, 0.1) is 12.7 Å². The van der Waals surface area contributed by atoms with Gasteiger partial charge in [-0.05, 0) is 49.4 Å².